The van der Waals surface area contributed by atoms with Crippen LogP contribution in [0.2, 0.25) is 0 Å². The van der Waals surface area contributed by atoms with Gasteiger partial charge in [0, 0.05) is 12.1 Å². The Balaban J connectivity index is 2.70. The molecule has 0 aromatic heterocycles. The van der Waals surface area contributed by atoms with Crippen molar-refractivity contribution in [3.63, 3.8) is 0 Å². The molecule has 1 aromatic carbocycles. The van der Waals surface area contributed by atoms with Crippen LogP contribution in [0.3, 0.4) is 0 Å². The van der Waals surface area contributed by atoms with Crippen molar-refractivity contribution in [1.82, 2.24) is 0 Å². The fourth-order valence-corrected chi connectivity index (χ4v) is 2.28. The van der Waals surface area contributed by atoms with Crippen LogP contribution in [-0.4, -0.2) is 23.1 Å². The number of carbonyl (C=O) groups is 2. The zero-order chi connectivity index (χ0) is 16.8. The van der Waals surface area contributed by atoms with Gasteiger partial charge in [-0.05, 0) is 51.0 Å². The lowest BCUT2D eigenvalue weighted by Gasteiger charge is -2.25. The number of aliphatic carboxylic acids is 1. The van der Waals surface area contributed by atoms with E-state index >= 15 is 0 Å². The molecule has 0 saturated heterocycles. The summed E-state index contributed by atoms with van der Waals surface area (Å²) in [6, 6.07) is 7.05. The fraction of sp³-hybridized carbons (Fsp3) is 0.529. The van der Waals surface area contributed by atoms with E-state index < -0.39 is 11.4 Å². The number of carboxylic acid groups (broad SMARTS) is 1. The van der Waals surface area contributed by atoms with Gasteiger partial charge in [-0.3, -0.25) is 9.59 Å². The molecule has 0 aliphatic heterocycles. The quantitative estimate of drug-likeness (QED) is 0.768. The predicted octanol–water partition coefficient (Wildman–Crippen LogP) is 3.69. The number of carboxylic acids is 1. The van der Waals surface area contributed by atoms with Gasteiger partial charge in [-0.1, -0.05) is 13.8 Å². The second-order valence-corrected chi connectivity index (χ2v) is 5.71. The van der Waals surface area contributed by atoms with Gasteiger partial charge in [0.05, 0.1) is 11.5 Å². The van der Waals surface area contributed by atoms with Crippen molar-refractivity contribution < 1.29 is 19.4 Å². The summed E-state index contributed by atoms with van der Waals surface area (Å²) < 4.78 is 5.53. The Labute approximate surface area is 131 Å². The summed E-state index contributed by atoms with van der Waals surface area (Å²) in [4.78, 5) is 23.5. The van der Waals surface area contributed by atoms with Gasteiger partial charge in [0.25, 0.3) is 0 Å². The molecule has 0 atom stereocenters. The van der Waals surface area contributed by atoms with E-state index in [4.69, 9.17) is 4.74 Å². The minimum absolute atomic E-state index is 0.0282. The largest absolute Gasteiger partial charge is 0.491 e. The van der Waals surface area contributed by atoms with Gasteiger partial charge in [0.1, 0.15) is 5.75 Å². The minimum atomic E-state index is -0.995. The Morgan fingerprint density at radius 3 is 2.14 bits per heavy atom. The normalized spacial score (nSPS) is 11.3. The van der Waals surface area contributed by atoms with Crippen molar-refractivity contribution in [2.75, 3.05) is 5.32 Å². The van der Waals surface area contributed by atoms with Crippen LogP contribution in [0.4, 0.5) is 5.69 Å². The minimum Gasteiger partial charge on any atom is -0.491 e. The lowest BCUT2D eigenvalue weighted by molar-refractivity contribution is -0.151. The van der Waals surface area contributed by atoms with Gasteiger partial charge in [-0.15, -0.1) is 0 Å². The number of anilines is 1. The number of hydrogen-bond donors (Lipinski definition) is 2. The highest BCUT2D eigenvalue weighted by Gasteiger charge is 2.37. The molecule has 0 unspecified atom stereocenters. The average molecular weight is 307 g/mol. The van der Waals surface area contributed by atoms with Crippen molar-refractivity contribution in [3.8, 4) is 5.75 Å². The summed E-state index contributed by atoms with van der Waals surface area (Å²) >= 11 is 0. The molecular formula is C17H25NO4. The van der Waals surface area contributed by atoms with Gasteiger partial charge in [-0.2, -0.15) is 0 Å². The van der Waals surface area contributed by atoms with Crippen molar-refractivity contribution in [1.29, 1.82) is 0 Å². The van der Waals surface area contributed by atoms with E-state index in [1.165, 1.54) is 0 Å². The summed E-state index contributed by atoms with van der Waals surface area (Å²) in [6.07, 6.45) is 0.909. The van der Waals surface area contributed by atoms with Gasteiger partial charge < -0.3 is 15.2 Å². The zero-order valence-electron chi connectivity index (χ0n) is 13.7. The number of carbonyl (C=O) groups excluding carboxylic acids is 1. The van der Waals surface area contributed by atoms with E-state index in [2.05, 4.69) is 5.32 Å². The molecule has 22 heavy (non-hydrogen) atoms. The smallest absolute Gasteiger partial charge is 0.310 e. The molecule has 1 aromatic rings. The van der Waals surface area contributed by atoms with E-state index in [0.29, 0.717) is 18.5 Å². The molecule has 0 aliphatic carbocycles. The third kappa shape index (κ3) is 4.76. The molecule has 0 fully saturated rings. The van der Waals surface area contributed by atoms with E-state index in [1.54, 1.807) is 38.1 Å². The first-order chi connectivity index (χ1) is 10.3. The molecule has 0 bridgehead atoms. The van der Waals surface area contributed by atoms with Crippen LogP contribution in [0.15, 0.2) is 24.3 Å². The number of nitrogens with one attached hydrogen (secondary N) is 1. The van der Waals surface area contributed by atoms with E-state index in [0.717, 1.165) is 5.75 Å². The van der Waals surface area contributed by atoms with Crippen LogP contribution >= 0.6 is 0 Å². The summed E-state index contributed by atoms with van der Waals surface area (Å²) in [6.45, 7) is 7.47. The molecule has 2 N–H and O–H groups in total. The van der Waals surface area contributed by atoms with Crippen molar-refractivity contribution >= 4 is 17.6 Å². The molecule has 5 heteroatoms. The number of rotatable bonds is 8. The highest BCUT2D eigenvalue weighted by atomic mass is 16.5. The van der Waals surface area contributed by atoms with Crippen LogP contribution < -0.4 is 10.1 Å². The SMILES string of the molecule is CCC(CC)(CC(=O)Nc1ccc(OC(C)C)cc1)C(=O)O. The predicted molar refractivity (Wildman–Crippen MR) is 86.1 cm³/mol. The maximum atomic E-state index is 12.1. The van der Waals surface area contributed by atoms with Crippen LogP contribution in [0.1, 0.15) is 47.0 Å². The Hall–Kier alpha value is -2.04. The molecule has 0 aliphatic rings. The second-order valence-electron chi connectivity index (χ2n) is 5.71. The highest BCUT2D eigenvalue weighted by molar-refractivity contribution is 5.94. The van der Waals surface area contributed by atoms with Crippen LogP contribution in [-0.2, 0) is 9.59 Å². The Morgan fingerprint density at radius 1 is 1.18 bits per heavy atom. The second kappa shape index (κ2) is 7.82. The van der Waals surface area contributed by atoms with Crippen molar-refractivity contribution in [2.45, 2.75) is 53.1 Å². The van der Waals surface area contributed by atoms with Crippen LogP contribution in [0.25, 0.3) is 0 Å². The maximum Gasteiger partial charge on any atom is 0.310 e. The Bertz CT molecular complexity index is 504. The molecular weight excluding hydrogens is 282 g/mol. The molecule has 0 radical (unpaired) electrons. The summed E-state index contributed by atoms with van der Waals surface area (Å²) in [7, 11) is 0. The number of hydrogen-bond acceptors (Lipinski definition) is 3. The molecule has 0 spiro atoms. The third-order valence-corrected chi connectivity index (χ3v) is 3.82. The monoisotopic (exact) mass is 307 g/mol. The molecule has 1 amide bonds. The maximum absolute atomic E-state index is 12.1. The summed E-state index contributed by atoms with van der Waals surface area (Å²) in [5, 5.41) is 12.1. The van der Waals surface area contributed by atoms with Crippen molar-refractivity contribution in [2.24, 2.45) is 5.41 Å². The van der Waals surface area contributed by atoms with Crippen molar-refractivity contribution in [3.05, 3.63) is 24.3 Å². The zero-order valence-corrected chi connectivity index (χ0v) is 13.7. The first-order valence-corrected chi connectivity index (χ1v) is 7.63. The average Bonchev–Trinajstić information content (AvgIpc) is 2.46. The Kier molecular flexibility index (Phi) is 6.40. The van der Waals surface area contributed by atoms with Crippen LogP contribution in [0.5, 0.6) is 5.75 Å². The van der Waals surface area contributed by atoms with E-state index in [9.17, 15) is 14.7 Å². The fourth-order valence-electron chi connectivity index (χ4n) is 2.28. The molecule has 122 valence electrons. The number of benzene rings is 1. The van der Waals surface area contributed by atoms with Gasteiger partial charge >= 0.3 is 5.97 Å². The molecule has 5 nitrogen and oxygen atoms in total. The number of ether oxygens (including phenoxy) is 1. The standard InChI is InChI=1S/C17H25NO4/c1-5-17(6-2,16(20)21)11-15(19)18-13-7-9-14(10-8-13)22-12(3)4/h7-10,12H,5-6,11H2,1-4H3,(H,18,19)(H,20,21). The van der Waals surface area contributed by atoms with Crippen LogP contribution in [0, 0.1) is 5.41 Å². The first-order valence-electron chi connectivity index (χ1n) is 7.63. The molecule has 1 rings (SSSR count). The van der Waals surface area contributed by atoms with Gasteiger partial charge in [0.15, 0.2) is 0 Å². The van der Waals surface area contributed by atoms with Gasteiger partial charge in [0.2, 0.25) is 5.91 Å². The lowest BCUT2D eigenvalue weighted by Crippen LogP contribution is -2.34. The van der Waals surface area contributed by atoms with Gasteiger partial charge in [-0.25, -0.2) is 0 Å². The molecule has 0 heterocycles. The first kappa shape index (κ1) is 18.0. The summed E-state index contributed by atoms with van der Waals surface area (Å²) in [5.74, 6) is -0.480. The number of amides is 1. The topological polar surface area (TPSA) is 75.6 Å². The van der Waals surface area contributed by atoms with E-state index in [-0.39, 0.29) is 18.4 Å². The highest BCUT2D eigenvalue weighted by Crippen LogP contribution is 2.31. The lowest BCUT2D eigenvalue weighted by atomic mass is 9.79. The third-order valence-electron chi connectivity index (χ3n) is 3.82. The Morgan fingerprint density at radius 2 is 1.73 bits per heavy atom. The molecule has 0 saturated carbocycles. The van der Waals surface area contributed by atoms with E-state index in [1.807, 2.05) is 13.8 Å². The summed E-state index contributed by atoms with van der Waals surface area (Å²) in [5.41, 5.74) is -0.363.